The molecule has 0 aromatic heterocycles. The summed E-state index contributed by atoms with van der Waals surface area (Å²) in [4.78, 5) is 14.5. The number of carbonyl (C=O) groups excluding carboxylic acids is 1. The molecule has 24 heavy (non-hydrogen) atoms. The molecule has 1 saturated heterocycles. The highest BCUT2D eigenvalue weighted by Crippen LogP contribution is 2.39. The maximum atomic E-state index is 11.9. The van der Waals surface area contributed by atoms with Crippen LogP contribution >= 0.6 is 0 Å². The molecular formula is C19H31N3O2. The van der Waals surface area contributed by atoms with E-state index in [-0.39, 0.29) is 29.9 Å². The predicted octanol–water partition coefficient (Wildman–Crippen LogP) is 3.11. The fraction of sp³-hybridized carbons (Fsp3) is 0.632. The van der Waals surface area contributed by atoms with Crippen molar-refractivity contribution in [2.75, 3.05) is 13.8 Å². The van der Waals surface area contributed by atoms with Gasteiger partial charge in [0.2, 0.25) is 0 Å². The van der Waals surface area contributed by atoms with Gasteiger partial charge in [0.15, 0.2) is 0 Å². The molecule has 0 saturated carbocycles. The minimum absolute atomic E-state index is 0.00318. The largest absolute Gasteiger partial charge is 0.364 e. The average molecular weight is 333 g/mol. The van der Waals surface area contributed by atoms with E-state index in [4.69, 9.17) is 4.74 Å². The van der Waals surface area contributed by atoms with Crippen LogP contribution < -0.4 is 10.6 Å². The van der Waals surface area contributed by atoms with Gasteiger partial charge in [0, 0.05) is 30.8 Å². The Kier molecular flexibility index (Phi) is 5.88. The topological polar surface area (TPSA) is 53.6 Å². The van der Waals surface area contributed by atoms with Crippen LogP contribution in [0, 0.1) is 0 Å². The van der Waals surface area contributed by atoms with E-state index in [1.807, 2.05) is 0 Å². The number of ether oxygens (including phenoxy) is 1. The van der Waals surface area contributed by atoms with Crippen LogP contribution in [0.2, 0.25) is 0 Å². The van der Waals surface area contributed by atoms with Crippen LogP contribution in [0.15, 0.2) is 30.3 Å². The van der Waals surface area contributed by atoms with E-state index < -0.39 is 0 Å². The van der Waals surface area contributed by atoms with Crippen molar-refractivity contribution in [2.45, 2.75) is 64.2 Å². The van der Waals surface area contributed by atoms with E-state index in [0.717, 1.165) is 19.4 Å². The molecule has 1 aliphatic rings. The first kappa shape index (κ1) is 18.7. The summed E-state index contributed by atoms with van der Waals surface area (Å²) in [5.74, 6) is 0. The number of nitrogens with zero attached hydrogens (tertiary/aromatic N) is 1. The maximum Gasteiger partial charge on any atom is 0.316 e. The number of hydrogen-bond acceptors (Lipinski definition) is 3. The van der Waals surface area contributed by atoms with Crippen molar-refractivity contribution in [3.63, 3.8) is 0 Å². The van der Waals surface area contributed by atoms with Crippen LogP contribution in [0.4, 0.5) is 4.79 Å². The molecule has 134 valence electrons. The molecule has 1 aliphatic heterocycles. The first-order chi connectivity index (χ1) is 11.2. The van der Waals surface area contributed by atoms with Gasteiger partial charge in [0.1, 0.15) is 6.73 Å². The van der Waals surface area contributed by atoms with Crippen LogP contribution in [-0.4, -0.2) is 41.9 Å². The molecule has 5 nitrogen and oxygen atoms in total. The molecule has 0 radical (unpaired) electrons. The van der Waals surface area contributed by atoms with Crippen LogP contribution in [0.3, 0.4) is 0 Å². The highest BCUT2D eigenvalue weighted by Gasteiger charge is 2.45. The molecule has 2 rings (SSSR count). The van der Waals surface area contributed by atoms with Crippen LogP contribution in [0.1, 0.15) is 46.1 Å². The highest BCUT2D eigenvalue weighted by atomic mass is 16.5. The molecule has 0 spiro atoms. The quantitative estimate of drug-likeness (QED) is 0.814. The second-order valence-electron chi connectivity index (χ2n) is 7.89. The van der Waals surface area contributed by atoms with Crippen molar-refractivity contribution < 1.29 is 9.53 Å². The number of hydrogen-bond donors (Lipinski definition) is 2. The van der Waals surface area contributed by atoms with Crippen molar-refractivity contribution in [1.29, 1.82) is 0 Å². The zero-order chi connectivity index (χ0) is 17.8. The molecule has 5 heteroatoms. The zero-order valence-corrected chi connectivity index (χ0v) is 15.6. The lowest BCUT2D eigenvalue weighted by molar-refractivity contribution is -0.0457. The highest BCUT2D eigenvalue weighted by molar-refractivity contribution is 5.74. The third-order valence-electron chi connectivity index (χ3n) is 4.85. The fourth-order valence-electron chi connectivity index (χ4n) is 3.99. The Labute approximate surface area is 145 Å². The Balaban J connectivity index is 2.07. The molecule has 1 fully saturated rings. The summed E-state index contributed by atoms with van der Waals surface area (Å²) < 4.78 is 4.89. The van der Waals surface area contributed by atoms with Gasteiger partial charge in [-0.15, -0.1) is 0 Å². The number of amides is 2. The first-order valence-electron chi connectivity index (χ1n) is 8.59. The molecule has 2 N–H and O–H groups in total. The Hall–Kier alpha value is -1.59. The van der Waals surface area contributed by atoms with Gasteiger partial charge in [-0.3, -0.25) is 4.90 Å². The lowest BCUT2D eigenvalue weighted by Crippen LogP contribution is -2.64. The van der Waals surface area contributed by atoms with Gasteiger partial charge in [-0.25, -0.2) is 4.79 Å². The smallest absolute Gasteiger partial charge is 0.316 e. The number of nitrogens with one attached hydrogen (secondary N) is 2. The molecule has 0 aliphatic carbocycles. The van der Waals surface area contributed by atoms with Gasteiger partial charge < -0.3 is 15.4 Å². The van der Waals surface area contributed by atoms with Gasteiger partial charge in [-0.1, -0.05) is 30.3 Å². The van der Waals surface area contributed by atoms with Gasteiger partial charge in [0.25, 0.3) is 0 Å². The van der Waals surface area contributed by atoms with Crippen molar-refractivity contribution >= 4 is 6.03 Å². The Bertz CT molecular complexity index is 525. The third-order valence-corrected chi connectivity index (χ3v) is 4.85. The summed E-state index contributed by atoms with van der Waals surface area (Å²) in [5.41, 5.74) is 1.32. The number of carbonyl (C=O) groups is 1. The van der Waals surface area contributed by atoms with Gasteiger partial charge in [-0.2, -0.15) is 0 Å². The van der Waals surface area contributed by atoms with Gasteiger partial charge >= 0.3 is 6.03 Å². The first-order valence-corrected chi connectivity index (χ1v) is 8.59. The number of piperidine rings is 1. The normalized spacial score (nSPS) is 20.5. The van der Waals surface area contributed by atoms with E-state index in [1.165, 1.54) is 5.56 Å². The Morgan fingerprint density at radius 3 is 2.29 bits per heavy atom. The molecule has 0 atom stereocenters. The van der Waals surface area contributed by atoms with Crippen molar-refractivity contribution in [2.24, 2.45) is 0 Å². The standard InChI is InChI=1S/C19H31N3O2/c1-18(2)11-16(21-17(23)20-14-24-5)12-19(3,4)22(18)13-15-9-7-6-8-10-15/h6-10,16H,11-14H2,1-5H3,(H2,20,21,23). The van der Waals surface area contributed by atoms with E-state index in [1.54, 1.807) is 7.11 Å². The van der Waals surface area contributed by atoms with Crippen LogP contribution in [0.5, 0.6) is 0 Å². The second kappa shape index (κ2) is 7.53. The molecule has 0 bridgehead atoms. The monoisotopic (exact) mass is 333 g/mol. The SMILES string of the molecule is COCNC(=O)NC1CC(C)(C)N(Cc2ccccc2)C(C)(C)C1. The summed E-state index contributed by atoms with van der Waals surface area (Å²) in [7, 11) is 1.56. The number of benzene rings is 1. The van der Waals surface area contributed by atoms with Crippen molar-refractivity contribution in [3.8, 4) is 0 Å². The summed E-state index contributed by atoms with van der Waals surface area (Å²) in [6.07, 6.45) is 1.84. The molecule has 1 aromatic rings. The molecule has 0 unspecified atom stereocenters. The minimum Gasteiger partial charge on any atom is -0.364 e. The molecular weight excluding hydrogens is 302 g/mol. The molecule has 2 amide bonds. The fourth-order valence-corrected chi connectivity index (χ4v) is 3.99. The van der Waals surface area contributed by atoms with Crippen LogP contribution in [0.25, 0.3) is 0 Å². The minimum atomic E-state index is -0.162. The lowest BCUT2D eigenvalue weighted by Gasteiger charge is -2.55. The van der Waals surface area contributed by atoms with E-state index >= 15 is 0 Å². The summed E-state index contributed by atoms with van der Waals surface area (Å²) in [6, 6.07) is 10.6. The van der Waals surface area contributed by atoms with E-state index in [2.05, 4.69) is 73.6 Å². The Morgan fingerprint density at radius 1 is 1.17 bits per heavy atom. The summed E-state index contributed by atoms with van der Waals surface area (Å²) >= 11 is 0. The van der Waals surface area contributed by atoms with E-state index in [0.29, 0.717) is 0 Å². The third kappa shape index (κ3) is 4.71. The summed E-state index contributed by atoms with van der Waals surface area (Å²) in [6.45, 7) is 10.2. The molecule has 1 aromatic carbocycles. The Morgan fingerprint density at radius 2 is 1.75 bits per heavy atom. The number of urea groups is 1. The van der Waals surface area contributed by atoms with E-state index in [9.17, 15) is 4.79 Å². The number of rotatable bonds is 5. The van der Waals surface area contributed by atoms with Gasteiger partial charge in [0.05, 0.1) is 0 Å². The lowest BCUT2D eigenvalue weighted by atomic mass is 9.76. The molecule has 1 heterocycles. The number of methoxy groups -OCH3 is 1. The zero-order valence-electron chi connectivity index (χ0n) is 15.6. The average Bonchev–Trinajstić information content (AvgIpc) is 2.49. The van der Waals surface area contributed by atoms with Gasteiger partial charge in [-0.05, 0) is 46.1 Å². The van der Waals surface area contributed by atoms with Crippen LogP contribution in [-0.2, 0) is 11.3 Å². The maximum absolute atomic E-state index is 11.9. The predicted molar refractivity (Wildman–Crippen MR) is 96.7 cm³/mol. The summed E-state index contributed by atoms with van der Waals surface area (Å²) in [5, 5.41) is 5.79. The second-order valence-corrected chi connectivity index (χ2v) is 7.89. The number of likely N-dealkylation sites (tertiary alicyclic amines) is 1. The van der Waals surface area contributed by atoms with Crippen molar-refractivity contribution in [1.82, 2.24) is 15.5 Å². The van der Waals surface area contributed by atoms with Crippen molar-refractivity contribution in [3.05, 3.63) is 35.9 Å².